The Morgan fingerprint density at radius 2 is 1.85 bits per heavy atom. The number of halogens is 1. The molecule has 3 aromatic carbocycles. The van der Waals surface area contributed by atoms with Gasteiger partial charge in [-0.1, -0.05) is 78.0 Å². The Balaban J connectivity index is 1.49. The van der Waals surface area contributed by atoms with E-state index in [1.165, 1.54) is 10.4 Å². The second kappa shape index (κ2) is 9.59. The third-order valence-corrected chi connectivity index (χ3v) is 8.25. The highest BCUT2D eigenvalue weighted by atomic mass is 35.5. The highest BCUT2D eigenvalue weighted by molar-refractivity contribution is 8.01. The Bertz CT molecular complexity index is 1310. The molecular formula is C26H20ClNO3S2. The summed E-state index contributed by atoms with van der Waals surface area (Å²) in [5.41, 5.74) is 5.37. The molecule has 0 amide bonds. The Hall–Kier alpha value is -2.80. The SMILES string of the molecule is O=C(O)COc1cccc2c1CCc1sc(SC(c3ccccc3)c3cccc(Cl)c3)nc1-2. The van der Waals surface area contributed by atoms with Gasteiger partial charge in [0.1, 0.15) is 5.75 Å². The van der Waals surface area contributed by atoms with E-state index in [-0.39, 0.29) is 11.9 Å². The summed E-state index contributed by atoms with van der Waals surface area (Å²) in [6.45, 7) is -0.347. The molecule has 0 spiro atoms. The van der Waals surface area contributed by atoms with Crippen molar-refractivity contribution in [3.05, 3.63) is 99.4 Å². The quantitative estimate of drug-likeness (QED) is 0.283. The maximum absolute atomic E-state index is 11.0. The van der Waals surface area contributed by atoms with Gasteiger partial charge in [-0.3, -0.25) is 0 Å². The van der Waals surface area contributed by atoms with Crippen molar-refractivity contribution in [1.82, 2.24) is 4.98 Å². The molecule has 0 saturated heterocycles. The summed E-state index contributed by atoms with van der Waals surface area (Å²) >= 11 is 9.77. The number of carboxylic acids is 1. The van der Waals surface area contributed by atoms with E-state index in [0.717, 1.165) is 44.6 Å². The molecule has 5 rings (SSSR count). The average Bonchev–Trinajstić information content (AvgIpc) is 3.25. The zero-order chi connectivity index (χ0) is 22.8. The summed E-state index contributed by atoms with van der Waals surface area (Å²) in [5, 5.41) is 9.77. The van der Waals surface area contributed by atoms with E-state index in [0.29, 0.717) is 5.75 Å². The van der Waals surface area contributed by atoms with Gasteiger partial charge >= 0.3 is 5.97 Å². The molecule has 1 N–H and O–H groups in total. The van der Waals surface area contributed by atoms with E-state index < -0.39 is 5.97 Å². The van der Waals surface area contributed by atoms with Crippen molar-refractivity contribution in [1.29, 1.82) is 0 Å². The van der Waals surface area contributed by atoms with Crippen molar-refractivity contribution >= 4 is 40.7 Å². The topological polar surface area (TPSA) is 59.4 Å². The Kier molecular flexibility index (Phi) is 6.40. The number of hydrogen-bond acceptors (Lipinski definition) is 5. The number of thiazole rings is 1. The van der Waals surface area contributed by atoms with Gasteiger partial charge in [0.25, 0.3) is 0 Å². The van der Waals surface area contributed by atoms with Gasteiger partial charge < -0.3 is 9.84 Å². The van der Waals surface area contributed by atoms with Crippen molar-refractivity contribution in [2.24, 2.45) is 0 Å². The first kappa shape index (κ1) is 22.0. The predicted octanol–water partition coefficient (Wildman–Crippen LogP) is 6.91. The summed E-state index contributed by atoms with van der Waals surface area (Å²) < 4.78 is 6.54. The number of ether oxygens (including phenoxy) is 1. The summed E-state index contributed by atoms with van der Waals surface area (Å²) in [6, 6.07) is 24.1. The highest BCUT2D eigenvalue weighted by Crippen LogP contribution is 2.47. The van der Waals surface area contributed by atoms with E-state index in [2.05, 4.69) is 30.3 Å². The van der Waals surface area contributed by atoms with Crippen molar-refractivity contribution in [3.8, 4) is 17.0 Å². The number of rotatable bonds is 7. The number of benzene rings is 3. The molecule has 7 heteroatoms. The number of hydrogen-bond donors (Lipinski definition) is 1. The first-order valence-corrected chi connectivity index (χ1v) is 12.6. The van der Waals surface area contributed by atoms with Crippen LogP contribution in [0.25, 0.3) is 11.3 Å². The van der Waals surface area contributed by atoms with E-state index in [4.69, 9.17) is 26.4 Å². The van der Waals surface area contributed by atoms with Crippen molar-refractivity contribution in [2.45, 2.75) is 22.4 Å². The van der Waals surface area contributed by atoms with Crippen LogP contribution in [-0.2, 0) is 17.6 Å². The van der Waals surface area contributed by atoms with Crippen LogP contribution in [0.2, 0.25) is 5.02 Å². The molecule has 4 aromatic rings. The molecule has 1 heterocycles. The molecule has 1 unspecified atom stereocenters. The van der Waals surface area contributed by atoms with Crippen LogP contribution in [0.5, 0.6) is 5.75 Å². The summed E-state index contributed by atoms with van der Waals surface area (Å²) in [4.78, 5) is 17.2. The van der Waals surface area contributed by atoms with Crippen LogP contribution in [0.15, 0.2) is 77.1 Å². The number of carbonyl (C=O) groups is 1. The number of thioether (sulfide) groups is 1. The zero-order valence-corrected chi connectivity index (χ0v) is 19.9. The molecule has 1 aliphatic rings. The molecule has 0 saturated carbocycles. The van der Waals surface area contributed by atoms with Gasteiger partial charge in [-0.15, -0.1) is 11.3 Å². The molecule has 1 aliphatic carbocycles. The third kappa shape index (κ3) is 4.78. The van der Waals surface area contributed by atoms with Crippen LogP contribution in [0.4, 0.5) is 0 Å². The van der Waals surface area contributed by atoms with Gasteiger partial charge in [-0.05, 0) is 42.2 Å². The number of nitrogens with zero attached hydrogens (tertiary/aromatic N) is 1. The first-order chi connectivity index (χ1) is 16.1. The molecule has 166 valence electrons. The van der Waals surface area contributed by atoms with E-state index >= 15 is 0 Å². The maximum Gasteiger partial charge on any atom is 0.341 e. The molecule has 0 radical (unpaired) electrons. The predicted molar refractivity (Wildman–Crippen MR) is 134 cm³/mol. The Morgan fingerprint density at radius 3 is 2.64 bits per heavy atom. The zero-order valence-electron chi connectivity index (χ0n) is 17.5. The van der Waals surface area contributed by atoms with Crippen LogP contribution in [0.1, 0.15) is 26.8 Å². The molecule has 33 heavy (non-hydrogen) atoms. The minimum atomic E-state index is -0.982. The van der Waals surface area contributed by atoms with Crippen molar-refractivity contribution in [2.75, 3.05) is 6.61 Å². The molecule has 0 fully saturated rings. The van der Waals surface area contributed by atoms with Gasteiger partial charge in [-0.25, -0.2) is 9.78 Å². The number of aromatic nitrogens is 1. The molecule has 1 aromatic heterocycles. The number of aryl methyl sites for hydroxylation is 1. The minimum Gasteiger partial charge on any atom is -0.482 e. The fourth-order valence-electron chi connectivity index (χ4n) is 4.05. The van der Waals surface area contributed by atoms with E-state index in [9.17, 15) is 4.79 Å². The van der Waals surface area contributed by atoms with E-state index in [1.807, 2.05) is 42.5 Å². The Morgan fingerprint density at radius 1 is 1.06 bits per heavy atom. The van der Waals surface area contributed by atoms with Crippen LogP contribution in [0, 0.1) is 0 Å². The smallest absolute Gasteiger partial charge is 0.341 e. The third-order valence-electron chi connectivity index (χ3n) is 5.49. The molecule has 0 bridgehead atoms. The van der Waals surface area contributed by atoms with Gasteiger partial charge in [0.05, 0.1) is 10.9 Å². The van der Waals surface area contributed by atoms with Crippen molar-refractivity contribution < 1.29 is 14.6 Å². The lowest BCUT2D eigenvalue weighted by molar-refractivity contribution is -0.139. The fourth-order valence-corrected chi connectivity index (χ4v) is 6.75. The van der Waals surface area contributed by atoms with Crippen molar-refractivity contribution in [3.63, 3.8) is 0 Å². The molecule has 0 aliphatic heterocycles. The second-order valence-corrected chi connectivity index (χ2v) is 10.6. The lowest BCUT2D eigenvalue weighted by Crippen LogP contribution is -2.12. The molecular weight excluding hydrogens is 474 g/mol. The number of carboxylic acid groups (broad SMARTS) is 1. The first-order valence-electron chi connectivity index (χ1n) is 10.5. The van der Waals surface area contributed by atoms with Gasteiger partial charge in [-0.2, -0.15) is 0 Å². The second-order valence-electron chi connectivity index (χ2n) is 7.68. The minimum absolute atomic E-state index is 0.0715. The van der Waals surface area contributed by atoms with Gasteiger partial charge in [0.15, 0.2) is 10.9 Å². The monoisotopic (exact) mass is 493 g/mol. The average molecular weight is 494 g/mol. The lowest BCUT2D eigenvalue weighted by Gasteiger charge is -2.18. The standard InChI is InChI=1S/C26H20ClNO3S2/c27-18-9-4-8-17(14-18)25(16-6-2-1-3-7-16)33-26-28-24-20-10-5-11-21(31-15-23(29)30)19(20)12-13-22(24)32-26/h1-11,14,25H,12-13,15H2,(H,29,30). The number of fused-ring (bicyclic) bond motifs is 3. The summed E-state index contributed by atoms with van der Waals surface area (Å²) in [6.07, 6.45) is 1.67. The normalized spacial score (nSPS) is 13.1. The van der Waals surface area contributed by atoms with Crippen LogP contribution in [-0.4, -0.2) is 22.7 Å². The van der Waals surface area contributed by atoms with Gasteiger partial charge in [0.2, 0.25) is 0 Å². The van der Waals surface area contributed by atoms with E-state index in [1.54, 1.807) is 23.1 Å². The van der Waals surface area contributed by atoms with Crippen LogP contribution >= 0.6 is 34.7 Å². The molecule has 1 atom stereocenters. The van der Waals surface area contributed by atoms with Crippen LogP contribution < -0.4 is 4.74 Å². The highest BCUT2D eigenvalue weighted by Gasteiger charge is 2.26. The largest absolute Gasteiger partial charge is 0.482 e. The number of aliphatic carboxylic acids is 1. The van der Waals surface area contributed by atoms with Gasteiger partial charge in [0, 0.05) is 21.0 Å². The maximum atomic E-state index is 11.0. The summed E-state index contributed by atoms with van der Waals surface area (Å²) in [7, 11) is 0. The Labute approximate surface area is 205 Å². The van der Waals surface area contributed by atoms with Crippen LogP contribution in [0.3, 0.4) is 0 Å². The fraction of sp³-hybridized carbons (Fsp3) is 0.154. The summed E-state index contributed by atoms with van der Waals surface area (Å²) in [5.74, 6) is -0.353. The molecule has 4 nitrogen and oxygen atoms in total. The lowest BCUT2D eigenvalue weighted by atomic mass is 9.93.